The number of hydrogen-bond donors (Lipinski definition) is 4. The van der Waals surface area contributed by atoms with Crippen molar-refractivity contribution in [3.05, 3.63) is 41.9 Å². The fourth-order valence-corrected chi connectivity index (χ4v) is 4.85. The largest absolute Gasteiger partial charge is 0.507 e. The highest BCUT2D eigenvalue weighted by Crippen LogP contribution is 2.44. The number of phenols is 1. The number of nitrogens with zero attached hydrogens (tertiary/aromatic N) is 1. The number of aliphatic carboxylic acids is 1. The van der Waals surface area contributed by atoms with E-state index in [0.717, 1.165) is 36.8 Å². The summed E-state index contributed by atoms with van der Waals surface area (Å²) < 4.78 is 14.7. The van der Waals surface area contributed by atoms with Crippen LogP contribution in [0.15, 0.2) is 36.3 Å². The standard InChI is InChI=1S/C26H37FN2O6/c1-2-3-4-6-11-18(12-7-5-8-15-22(31)23(28)32)26(25(34)35)16-19(27)17-29(26)24(33)20-13-9-10-14-21(20)30/h9-10,13-14,17-18,22,30-31H,2-8,11-12,15-16H2,1H3,(H2,28,32)(H,34,35)/t18-,22-,26+/m1/s1. The third-order valence-corrected chi connectivity index (χ3v) is 6.80. The summed E-state index contributed by atoms with van der Waals surface area (Å²) in [5.74, 6) is -4.35. The zero-order valence-electron chi connectivity index (χ0n) is 20.3. The van der Waals surface area contributed by atoms with Crippen LogP contribution in [0.3, 0.4) is 0 Å². The number of carbonyl (C=O) groups excluding carboxylic acids is 2. The van der Waals surface area contributed by atoms with Gasteiger partial charge in [-0.2, -0.15) is 0 Å². The molecule has 0 unspecified atom stereocenters. The lowest BCUT2D eigenvalue weighted by Crippen LogP contribution is -2.57. The fourth-order valence-electron chi connectivity index (χ4n) is 4.85. The van der Waals surface area contributed by atoms with Crippen molar-refractivity contribution in [1.82, 2.24) is 4.90 Å². The molecule has 0 saturated carbocycles. The van der Waals surface area contributed by atoms with Gasteiger partial charge in [-0.25, -0.2) is 9.18 Å². The lowest BCUT2D eigenvalue weighted by molar-refractivity contribution is -0.152. The van der Waals surface area contributed by atoms with E-state index in [4.69, 9.17) is 5.73 Å². The number of primary amides is 1. The number of aromatic hydroxyl groups is 1. The van der Waals surface area contributed by atoms with Gasteiger partial charge in [0, 0.05) is 12.6 Å². The zero-order chi connectivity index (χ0) is 26.0. The van der Waals surface area contributed by atoms with E-state index in [1.807, 2.05) is 0 Å². The number of aliphatic hydroxyl groups excluding tert-OH is 1. The van der Waals surface area contributed by atoms with Gasteiger partial charge in [0.1, 0.15) is 17.7 Å². The Morgan fingerprint density at radius 3 is 2.23 bits per heavy atom. The van der Waals surface area contributed by atoms with Crippen LogP contribution in [0.1, 0.15) is 87.9 Å². The van der Waals surface area contributed by atoms with E-state index in [9.17, 15) is 34.1 Å². The summed E-state index contributed by atoms with van der Waals surface area (Å²) in [7, 11) is 0. The highest BCUT2D eigenvalue weighted by molar-refractivity contribution is 6.01. The van der Waals surface area contributed by atoms with Gasteiger partial charge in [0.2, 0.25) is 5.91 Å². The van der Waals surface area contributed by atoms with Gasteiger partial charge < -0.3 is 21.1 Å². The Morgan fingerprint density at radius 1 is 1.06 bits per heavy atom. The van der Waals surface area contributed by atoms with Gasteiger partial charge in [-0.1, -0.05) is 64.0 Å². The summed E-state index contributed by atoms with van der Waals surface area (Å²) in [6.07, 6.45) is 5.82. The summed E-state index contributed by atoms with van der Waals surface area (Å²) in [4.78, 5) is 38.1. The van der Waals surface area contributed by atoms with Gasteiger partial charge in [0.05, 0.1) is 5.56 Å². The van der Waals surface area contributed by atoms with Crippen molar-refractivity contribution in [2.24, 2.45) is 11.7 Å². The molecule has 0 radical (unpaired) electrons. The minimum Gasteiger partial charge on any atom is -0.507 e. The van der Waals surface area contributed by atoms with Crippen LogP contribution in [-0.4, -0.2) is 49.6 Å². The van der Waals surface area contributed by atoms with E-state index < -0.39 is 47.6 Å². The lowest BCUT2D eigenvalue weighted by Gasteiger charge is -2.41. The van der Waals surface area contributed by atoms with E-state index >= 15 is 0 Å². The minimum absolute atomic E-state index is 0.0887. The number of aliphatic hydroxyl groups is 1. The molecule has 0 spiro atoms. The van der Waals surface area contributed by atoms with Crippen molar-refractivity contribution in [2.45, 2.75) is 89.2 Å². The fraction of sp³-hybridized carbons (Fsp3) is 0.577. The molecule has 0 aromatic heterocycles. The van der Waals surface area contributed by atoms with Crippen LogP contribution in [0, 0.1) is 5.92 Å². The Kier molecular flexibility index (Phi) is 10.7. The van der Waals surface area contributed by atoms with E-state index in [1.165, 1.54) is 12.1 Å². The van der Waals surface area contributed by atoms with Crippen LogP contribution in [0.25, 0.3) is 0 Å². The molecule has 5 N–H and O–H groups in total. The summed E-state index contributed by atoms with van der Waals surface area (Å²) in [5, 5.41) is 30.1. The highest BCUT2D eigenvalue weighted by Gasteiger charge is 2.55. The van der Waals surface area contributed by atoms with Gasteiger partial charge >= 0.3 is 5.97 Å². The maximum atomic E-state index is 14.7. The molecule has 1 aromatic rings. The van der Waals surface area contributed by atoms with Crippen molar-refractivity contribution in [2.75, 3.05) is 0 Å². The predicted molar refractivity (Wildman–Crippen MR) is 129 cm³/mol. The number of amides is 2. The number of hydrogen-bond acceptors (Lipinski definition) is 5. The summed E-state index contributed by atoms with van der Waals surface area (Å²) >= 11 is 0. The topological polar surface area (TPSA) is 141 Å². The maximum Gasteiger partial charge on any atom is 0.330 e. The van der Waals surface area contributed by atoms with E-state index in [2.05, 4.69) is 6.92 Å². The number of carboxylic acid groups (broad SMARTS) is 1. The first-order valence-electron chi connectivity index (χ1n) is 12.3. The number of nitrogens with two attached hydrogens (primary N) is 1. The highest BCUT2D eigenvalue weighted by atomic mass is 19.1. The van der Waals surface area contributed by atoms with Crippen molar-refractivity contribution in [3.8, 4) is 5.75 Å². The number of benzene rings is 1. The van der Waals surface area contributed by atoms with Gasteiger partial charge in [-0.15, -0.1) is 0 Å². The Bertz CT molecular complexity index is 921. The number of unbranched alkanes of at least 4 members (excludes halogenated alkanes) is 5. The number of phenolic OH excluding ortho intramolecular Hbond substituents is 1. The molecule has 1 aliphatic rings. The average Bonchev–Trinajstić information content (AvgIpc) is 3.18. The second-order valence-corrected chi connectivity index (χ2v) is 9.28. The van der Waals surface area contributed by atoms with Crippen LogP contribution in [-0.2, 0) is 9.59 Å². The monoisotopic (exact) mass is 492 g/mol. The van der Waals surface area contributed by atoms with Crippen LogP contribution >= 0.6 is 0 Å². The van der Waals surface area contributed by atoms with Crippen LogP contribution in [0.5, 0.6) is 5.75 Å². The quantitative estimate of drug-likeness (QED) is 0.270. The Labute approximate surface area is 205 Å². The number of carbonyl (C=O) groups is 3. The molecule has 35 heavy (non-hydrogen) atoms. The second-order valence-electron chi connectivity index (χ2n) is 9.28. The van der Waals surface area contributed by atoms with Crippen molar-refractivity contribution >= 4 is 17.8 Å². The maximum absolute atomic E-state index is 14.7. The first-order chi connectivity index (χ1) is 16.6. The molecule has 2 amide bonds. The van der Waals surface area contributed by atoms with Gasteiger partial charge in [0.15, 0.2) is 5.54 Å². The Morgan fingerprint density at radius 2 is 1.66 bits per heavy atom. The molecule has 9 heteroatoms. The number of carboxylic acids is 1. The molecule has 2 rings (SSSR count). The average molecular weight is 493 g/mol. The molecule has 1 aromatic carbocycles. The summed E-state index contributed by atoms with van der Waals surface area (Å²) in [6.45, 7) is 2.07. The van der Waals surface area contributed by atoms with Crippen LogP contribution < -0.4 is 5.73 Å². The molecule has 0 fully saturated rings. The molecule has 0 saturated heterocycles. The lowest BCUT2D eigenvalue weighted by atomic mass is 9.75. The zero-order valence-corrected chi connectivity index (χ0v) is 20.3. The number of halogens is 1. The first kappa shape index (κ1) is 28.3. The molecule has 194 valence electrons. The molecular weight excluding hydrogens is 455 g/mol. The number of rotatable bonds is 15. The van der Waals surface area contributed by atoms with Crippen molar-refractivity contribution < 1.29 is 34.1 Å². The third-order valence-electron chi connectivity index (χ3n) is 6.80. The molecule has 0 bridgehead atoms. The second kappa shape index (κ2) is 13.2. The van der Waals surface area contributed by atoms with Crippen molar-refractivity contribution in [3.63, 3.8) is 0 Å². The van der Waals surface area contributed by atoms with Gasteiger partial charge in [0.25, 0.3) is 5.91 Å². The molecule has 0 aliphatic carbocycles. The van der Waals surface area contributed by atoms with Crippen LogP contribution in [0.2, 0.25) is 0 Å². The van der Waals surface area contributed by atoms with Crippen molar-refractivity contribution in [1.29, 1.82) is 0 Å². The molecule has 8 nitrogen and oxygen atoms in total. The van der Waals surface area contributed by atoms with Crippen LogP contribution in [0.4, 0.5) is 4.39 Å². The molecular formula is C26H37FN2O6. The molecule has 3 atom stereocenters. The summed E-state index contributed by atoms with van der Waals surface area (Å²) in [6, 6.07) is 5.81. The molecule has 1 heterocycles. The van der Waals surface area contributed by atoms with Gasteiger partial charge in [-0.05, 0) is 37.3 Å². The Hall–Kier alpha value is -2.94. The number of para-hydroxylation sites is 1. The third kappa shape index (κ3) is 7.04. The first-order valence-corrected chi connectivity index (χ1v) is 12.3. The SMILES string of the molecule is CCCCCC[C@H](CCCCC[C@@H](O)C(N)=O)[C@]1(C(=O)O)CC(F)=CN1C(=O)c1ccccc1O. The minimum atomic E-state index is -1.80. The predicted octanol–water partition coefficient (Wildman–Crippen LogP) is 4.26. The normalized spacial score (nSPS) is 19.3. The van der Waals surface area contributed by atoms with E-state index in [-0.39, 0.29) is 17.7 Å². The van der Waals surface area contributed by atoms with E-state index in [1.54, 1.807) is 12.1 Å². The summed E-state index contributed by atoms with van der Waals surface area (Å²) in [5.41, 5.74) is 3.18. The Balaban J connectivity index is 2.28. The molecule has 1 aliphatic heterocycles. The smallest absolute Gasteiger partial charge is 0.330 e. The van der Waals surface area contributed by atoms with Gasteiger partial charge in [-0.3, -0.25) is 14.5 Å². The van der Waals surface area contributed by atoms with E-state index in [0.29, 0.717) is 32.1 Å².